The van der Waals surface area contributed by atoms with Crippen LogP contribution in [0.2, 0.25) is 0 Å². The molecule has 1 aromatic rings. The Balaban J connectivity index is 1.28. The van der Waals surface area contributed by atoms with E-state index in [4.69, 9.17) is 0 Å². The van der Waals surface area contributed by atoms with E-state index in [1.165, 1.54) is 57.4 Å². The van der Waals surface area contributed by atoms with E-state index in [0.29, 0.717) is 6.04 Å². The number of benzene rings is 1. The Morgan fingerprint density at radius 1 is 1.04 bits per heavy atom. The largest absolute Gasteiger partial charge is 0.352 e. The molecule has 1 aromatic carbocycles. The lowest BCUT2D eigenvalue weighted by Gasteiger charge is -2.32. The number of piperidine rings is 1. The molecule has 2 aliphatic heterocycles. The number of rotatable bonds is 7. The van der Waals surface area contributed by atoms with Crippen LogP contribution >= 0.6 is 0 Å². The third-order valence-corrected chi connectivity index (χ3v) is 5.70. The highest BCUT2D eigenvalue weighted by Gasteiger charge is 2.23. The molecule has 1 N–H and O–H groups in total. The zero-order valence-corrected chi connectivity index (χ0v) is 15.6. The second kappa shape index (κ2) is 9.35. The van der Waals surface area contributed by atoms with E-state index in [0.717, 1.165) is 25.4 Å². The Morgan fingerprint density at radius 2 is 1.72 bits per heavy atom. The van der Waals surface area contributed by atoms with E-state index < -0.39 is 0 Å². The van der Waals surface area contributed by atoms with Gasteiger partial charge >= 0.3 is 0 Å². The number of amides is 1. The van der Waals surface area contributed by atoms with Gasteiger partial charge in [-0.2, -0.15) is 0 Å². The van der Waals surface area contributed by atoms with Gasteiger partial charge in [0.1, 0.15) is 0 Å². The van der Waals surface area contributed by atoms with Crippen molar-refractivity contribution >= 4 is 5.91 Å². The zero-order chi connectivity index (χ0) is 17.5. The Hall–Kier alpha value is -1.39. The van der Waals surface area contributed by atoms with Gasteiger partial charge in [0.25, 0.3) is 0 Å². The fourth-order valence-electron chi connectivity index (χ4n) is 4.32. The van der Waals surface area contributed by atoms with Gasteiger partial charge in [0.2, 0.25) is 5.91 Å². The summed E-state index contributed by atoms with van der Waals surface area (Å²) in [7, 11) is 0. The van der Waals surface area contributed by atoms with Gasteiger partial charge < -0.3 is 15.1 Å². The van der Waals surface area contributed by atoms with E-state index in [2.05, 4.69) is 45.4 Å². The van der Waals surface area contributed by atoms with Crippen molar-refractivity contribution < 1.29 is 4.79 Å². The second-order valence-corrected chi connectivity index (χ2v) is 7.82. The van der Waals surface area contributed by atoms with Crippen LogP contribution in [0.4, 0.5) is 0 Å². The van der Waals surface area contributed by atoms with E-state index in [-0.39, 0.29) is 5.91 Å². The van der Waals surface area contributed by atoms with Crippen molar-refractivity contribution in [2.24, 2.45) is 5.92 Å². The molecule has 1 atom stereocenters. The fourth-order valence-corrected chi connectivity index (χ4v) is 4.32. The summed E-state index contributed by atoms with van der Waals surface area (Å²) in [6.45, 7) is 8.67. The molecule has 1 amide bonds. The molecule has 0 radical (unpaired) electrons. The molecule has 4 nitrogen and oxygen atoms in total. The summed E-state index contributed by atoms with van der Waals surface area (Å²) in [6.07, 6.45) is 6.26. The maximum Gasteiger partial charge on any atom is 0.217 e. The highest BCUT2D eigenvalue weighted by molar-refractivity contribution is 5.73. The number of nitrogens with zero attached hydrogens (tertiary/aromatic N) is 2. The van der Waals surface area contributed by atoms with Crippen LogP contribution in [-0.4, -0.2) is 61.0 Å². The molecule has 0 aromatic heterocycles. The lowest BCUT2D eigenvalue weighted by Crippen LogP contribution is -2.37. The van der Waals surface area contributed by atoms with Crippen molar-refractivity contribution in [2.75, 3.05) is 39.3 Å². The molecule has 0 bridgehead atoms. The Kier molecular flexibility index (Phi) is 6.88. The van der Waals surface area contributed by atoms with E-state index >= 15 is 0 Å². The SMILES string of the molecule is CC(=O)NC1CCN(CCCN2CCC(Cc3ccccc3)CC2)C1. The van der Waals surface area contributed by atoms with Crippen LogP contribution in [0, 0.1) is 5.92 Å². The van der Waals surface area contributed by atoms with Crippen LogP contribution in [0.3, 0.4) is 0 Å². The number of nitrogens with one attached hydrogen (secondary N) is 1. The molecule has 2 aliphatic rings. The molecular weight excluding hydrogens is 310 g/mol. The lowest BCUT2D eigenvalue weighted by molar-refractivity contribution is -0.119. The second-order valence-electron chi connectivity index (χ2n) is 7.82. The summed E-state index contributed by atoms with van der Waals surface area (Å²) in [5.74, 6) is 0.959. The number of hydrogen-bond acceptors (Lipinski definition) is 3. The van der Waals surface area contributed by atoms with E-state index in [9.17, 15) is 4.79 Å². The number of carbonyl (C=O) groups excluding carboxylic acids is 1. The van der Waals surface area contributed by atoms with E-state index in [1.807, 2.05) is 0 Å². The van der Waals surface area contributed by atoms with Crippen LogP contribution in [0.1, 0.15) is 38.2 Å². The fraction of sp³-hybridized carbons (Fsp3) is 0.667. The molecule has 2 heterocycles. The van der Waals surface area contributed by atoms with Crippen molar-refractivity contribution in [3.8, 4) is 0 Å². The standard InChI is InChI=1S/C21H33N3O/c1-18(25)22-21-10-15-24(17-21)12-5-11-23-13-8-20(9-14-23)16-19-6-3-2-4-7-19/h2-4,6-7,20-21H,5,8-17H2,1H3,(H,22,25). The normalized spacial score (nSPS) is 23.0. The molecule has 2 saturated heterocycles. The Morgan fingerprint density at radius 3 is 2.44 bits per heavy atom. The molecule has 0 saturated carbocycles. The van der Waals surface area contributed by atoms with Gasteiger partial charge in [-0.1, -0.05) is 30.3 Å². The zero-order valence-electron chi connectivity index (χ0n) is 15.6. The summed E-state index contributed by atoms with van der Waals surface area (Å²) >= 11 is 0. The molecular formula is C21H33N3O. The molecule has 3 rings (SSSR count). The average molecular weight is 344 g/mol. The van der Waals surface area contributed by atoms with Gasteiger partial charge in [-0.3, -0.25) is 4.79 Å². The van der Waals surface area contributed by atoms with Gasteiger partial charge in [0, 0.05) is 26.1 Å². The van der Waals surface area contributed by atoms with Crippen molar-refractivity contribution in [3.05, 3.63) is 35.9 Å². The van der Waals surface area contributed by atoms with Gasteiger partial charge in [-0.15, -0.1) is 0 Å². The lowest BCUT2D eigenvalue weighted by atomic mass is 9.90. The predicted octanol–water partition coefficient (Wildman–Crippen LogP) is 2.54. The van der Waals surface area contributed by atoms with Crippen molar-refractivity contribution in [1.82, 2.24) is 15.1 Å². The van der Waals surface area contributed by atoms with Crippen molar-refractivity contribution in [2.45, 2.75) is 45.1 Å². The topological polar surface area (TPSA) is 35.6 Å². The smallest absolute Gasteiger partial charge is 0.217 e. The minimum atomic E-state index is 0.102. The van der Waals surface area contributed by atoms with Gasteiger partial charge in [0.15, 0.2) is 0 Å². The Bertz CT molecular complexity index is 525. The van der Waals surface area contributed by atoms with Crippen molar-refractivity contribution in [1.29, 1.82) is 0 Å². The molecule has 1 unspecified atom stereocenters. The molecule has 0 aliphatic carbocycles. The van der Waals surface area contributed by atoms with E-state index in [1.54, 1.807) is 6.92 Å². The third kappa shape index (κ3) is 6.12. The monoisotopic (exact) mass is 343 g/mol. The van der Waals surface area contributed by atoms with Crippen LogP contribution in [0.15, 0.2) is 30.3 Å². The number of carbonyl (C=O) groups is 1. The van der Waals surface area contributed by atoms with Crippen LogP contribution in [-0.2, 0) is 11.2 Å². The first-order chi connectivity index (χ1) is 12.2. The first kappa shape index (κ1) is 18.4. The van der Waals surface area contributed by atoms with Crippen LogP contribution in [0.5, 0.6) is 0 Å². The maximum atomic E-state index is 11.1. The molecule has 25 heavy (non-hydrogen) atoms. The van der Waals surface area contributed by atoms with Crippen molar-refractivity contribution in [3.63, 3.8) is 0 Å². The van der Waals surface area contributed by atoms with Gasteiger partial charge in [0.05, 0.1) is 0 Å². The summed E-state index contributed by atoms with van der Waals surface area (Å²) in [6, 6.07) is 11.3. The third-order valence-electron chi connectivity index (χ3n) is 5.70. The first-order valence-electron chi connectivity index (χ1n) is 9.95. The molecule has 4 heteroatoms. The highest BCUT2D eigenvalue weighted by Crippen LogP contribution is 2.21. The molecule has 0 spiro atoms. The maximum absolute atomic E-state index is 11.1. The van der Waals surface area contributed by atoms with Gasteiger partial charge in [-0.05, 0) is 69.8 Å². The first-order valence-corrected chi connectivity index (χ1v) is 9.95. The number of hydrogen-bond donors (Lipinski definition) is 1. The van der Waals surface area contributed by atoms with Crippen LogP contribution < -0.4 is 5.32 Å². The summed E-state index contributed by atoms with van der Waals surface area (Å²) in [4.78, 5) is 16.3. The highest BCUT2D eigenvalue weighted by atomic mass is 16.1. The minimum Gasteiger partial charge on any atom is -0.352 e. The summed E-state index contributed by atoms with van der Waals surface area (Å²) in [5.41, 5.74) is 1.49. The number of likely N-dealkylation sites (tertiary alicyclic amines) is 2. The average Bonchev–Trinajstić information content (AvgIpc) is 3.04. The Labute approximate surface area is 152 Å². The minimum absolute atomic E-state index is 0.102. The predicted molar refractivity (Wildman–Crippen MR) is 103 cm³/mol. The molecule has 2 fully saturated rings. The van der Waals surface area contributed by atoms with Gasteiger partial charge in [-0.25, -0.2) is 0 Å². The summed E-state index contributed by atoms with van der Waals surface area (Å²) < 4.78 is 0. The summed E-state index contributed by atoms with van der Waals surface area (Å²) in [5, 5.41) is 3.05. The molecule has 138 valence electrons. The van der Waals surface area contributed by atoms with Crippen LogP contribution in [0.25, 0.3) is 0 Å². The quantitative estimate of drug-likeness (QED) is 0.826.